The van der Waals surface area contributed by atoms with Gasteiger partial charge in [0.25, 0.3) is 0 Å². The molecule has 0 radical (unpaired) electrons. The molecule has 0 fully saturated rings. The molecule has 24 heavy (non-hydrogen) atoms. The van der Waals surface area contributed by atoms with Gasteiger partial charge >= 0.3 is 0 Å². The van der Waals surface area contributed by atoms with Gasteiger partial charge in [0.2, 0.25) is 5.91 Å². The minimum Gasteiger partial charge on any atom is -0.487 e. The van der Waals surface area contributed by atoms with Gasteiger partial charge in [0, 0.05) is 18.4 Å². The molecule has 1 aliphatic rings. The first-order valence-corrected chi connectivity index (χ1v) is 8.16. The van der Waals surface area contributed by atoms with Crippen LogP contribution in [-0.2, 0) is 11.3 Å². The SMILES string of the molecule is Cc1ccc2c(c1)OC(C)(C)CC2NC(=O)CCn1nnnc1C. The topological polar surface area (TPSA) is 81.9 Å². The summed E-state index contributed by atoms with van der Waals surface area (Å²) in [6.07, 6.45) is 1.07. The molecule has 1 aliphatic heterocycles. The van der Waals surface area contributed by atoms with E-state index in [1.54, 1.807) is 4.68 Å². The second kappa shape index (κ2) is 6.22. The third-order valence-corrected chi connectivity index (χ3v) is 4.22. The van der Waals surface area contributed by atoms with E-state index in [1.807, 2.05) is 45.9 Å². The van der Waals surface area contributed by atoms with Crippen LogP contribution in [0.1, 0.15) is 49.7 Å². The number of nitrogens with one attached hydrogen (secondary N) is 1. The Morgan fingerprint density at radius 2 is 2.21 bits per heavy atom. The Morgan fingerprint density at radius 1 is 1.42 bits per heavy atom. The normalized spacial score (nSPS) is 18.6. The predicted octanol–water partition coefficient (Wildman–Crippen LogP) is 2.10. The Labute approximate surface area is 141 Å². The van der Waals surface area contributed by atoms with E-state index in [4.69, 9.17) is 4.74 Å². The monoisotopic (exact) mass is 329 g/mol. The van der Waals surface area contributed by atoms with E-state index in [1.165, 1.54) is 0 Å². The van der Waals surface area contributed by atoms with E-state index < -0.39 is 0 Å². The lowest BCUT2D eigenvalue weighted by Crippen LogP contribution is -2.41. The average Bonchev–Trinajstić information content (AvgIpc) is 2.88. The summed E-state index contributed by atoms with van der Waals surface area (Å²) in [6.45, 7) is 8.41. The van der Waals surface area contributed by atoms with Crippen LogP contribution in [0.25, 0.3) is 0 Å². The average molecular weight is 329 g/mol. The van der Waals surface area contributed by atoms with Crippen molar-refractivity contribution >= 4 is 5.91 Å². The summed E-state index contributed by atoms with van der Waals surface area (Å²) in [5, 5.41) is 14.4. The number of rotatable bonds is 4. The van der Waals surface area contributed by atoms with E-state index in [2.05, 4.69) is 20.8 Å². The lowest BCUT2D eigenvalue weighted by molar-refractivity contribution is -0.122. The van der Waals surface area contributed by atoms with Crippen LogP contribution in [0, 0.1) is 13.8 Å². The number of ether oxygens (including phenoxy) is 1. The van der Waals surface area contributed by atoms with Crippen molar-refractivity contribution in [1.82, 2.24) is 25.5 Å². The first-order chi connectivity index (χ1) is 11.3. The number of tetrazole rings is 1. The standard InChI is InChI=1S/C17H23N5O2/c1-11-5-6-13-14(10-17(3,4)24-15(13)9-11)18-16(23)7-8-22-12(2)19-20-21-22/h5-6,9,14H,7-8,10H2,1-4H3,(H,18,23). The van der Waals surface area contributed by atoms with Crippen molar-refractivity contribution in [2.45, 2.75) is 58.7 Å². The largest absolute Gasteiger partial charge is 0.487 e. The molecule has 0 aliphatic carbocycles. The highest BCUT2D eigenvalue weighted by atomic mass is 16.5. The number of hydrogen-bond acceptors (Lipinski definition) is 5. The second-order valence-corrected chi connectivity index (χ2v) is 6.93. The zero-order valence-corrected chi connectivity index (χ0v) is 14.5. The van der Waals surface area contributed by atoms with Crippen molar-refractivity contribution in [2.75, 3.05) is 0 Å². The zero-order chi connectivity index (χ0) is 17.3. The molecule has 0 bridgehead atoms. The maximum atomic E-state index is 12.4. The summed E-state index contributed by atoms with van der Waals surface area (Å²) in [5.74, 6) is 1.54. The number of fused-ring (bicyclic) bond motifs is 1. The molecule has 1 N–H and O–H groups in total. The molecule has 1 unspecified atom stereocenters. The van der Waals surface area contributed by atoms with Crippen LogP contribution in [0.5, 0.6) is 5.75 Å². The third-order valence-electron chi connectivity index (χ3n) is 4.22. The number of carbonyl (C=O) groups excluding carboxylic acids is 1. The van der Waals surface area contributed by atoms with Crippen molar-refractivity contribution < 1.29 is 9.53 Å². The highest BCUT2D eigenvalue weighted by Gasteiger charge is 2.34. The highest BCUT2D eigenvalue weighted by molar-refractivity contribution is 5.76. The summed E-state index contributed by atoms with van der Waals surface area (Å²) < 4.78 is 7.69. The number of benzene rings is 1. The van der Waals surface area contributed by atoms with Gasteiger partial charge in [-0.05, 0) is 49.8 Å². The van der Waals surface area contributed by atoms with Gasteiger partial charge in [-0.2, -0.15) is 0 Å². The molecule has 2 aromatic rings. The Morgan fingerprint density at radius 3 is 2.92 bits per heavy atom. The quantitative estimate of drug-likeness (QED) is 0.929. The molecule has 3 rings (SSSR count). The molecule has 7 heteroatoms. The fourth-order valence-electron chi connectivity index (χ4n) is 3.02. The van der Waals surface area contributed by atoms with Gasteiger partial charge in [0.15, 0.2) is 0 Å². The third kappa shape index (κ3) is 3.55. The maximum Gasteiger partial charge on any atom is 0.222 e. The first kappa shape index (κ1) is 16.4. The van der Waals surface area contributed by atoms with Crippen LogP contribution in [0.4, 0.5) is 0 Å². The number of nitrogens with zero attached hydrogens (tertiary/aromatic N) is 4. The molecular weight excluding hydrogens is 306 g/mol. The van der Waals surface area contributed by atoms with Crippen LogP contribution in [0.2, 0.25) is 0 Å². The smallest absolute Gasteiger partial charge is 0.222 e. The van der Waals surface area contributed by atoms with Crippen LogP contribution >= 0.6 is 0 Å². The molecule has 1 amide bonds. The van der Waals surface area contributed by atoms with E-state index in [9.17, 15) is 4.79 Å². The lowest BCUT2D eigenvalue weighted by atomic mass is 9.89. The van der Waals surface area contributed by atoms with Gasteiger partial charge in [-0.3, -0.25) is 4.79 Å². The van der Waals surface area contributed by atoms with Gasteiger partial charge in [0.1, 0.15) is 17.2 Å². The molecule has 1 aromatic carbocycles. The Kier molecular flexibility index (Phi) is 4.26. The Bertz CT molecular complexity index is 753. The first-order valence-electron chi connectivity index (χ1n) is 8.16. The van der Waals surface area contributed by atoms with Crippen molar-refractivity contribution in [2.24, 2.45) is 0 Å². The molecule has 1 aromatic heterocycles. The van der Waals surface area contributed by atoms with E-state index in [0.29, 0.717) is 18.8 Å². The molecule has 0 saturated heterocycles. The second-order valence-electron chi connectivity index (χ2n) is 6.93. The zero-order valence-electron chi connectivity index (χ0n) is 14.5. The number of amides is 1. The molecule has 128 valence electrons. The minimum absolute atomic E-state index is 0.0147. The number of aryl methyl sites for hydroxylation is 3. The molecule has 7 nitrogen and oxygen atoms in total. The van der Waals surface area contributed by atoms with Crippen LogP contribution in [0.3, 0.4) is 0 Å². The molecule has 1 atom stereocenters. The fourth-order valence-corrected chi connectivity index (χ4v) is 3.02. The molecular formula is C17H23N5O2. The predicted molar refractivity (Wildman–Crippen MR) is 88.6 cm³/mol. The van der Waals surface area contributed by atoms with Gasteiger partial charge in [0.05, 0.1) is 12.6 Å². The molecule has 0 saturated carbocycles. The number of aromatic nitrogens is 4. The summed E-state index contributed by atoms with van der Waals surface area (Å²) in [6, 6.07) is 6.06. The van der Waals surface area contributed by atoms with E-state index >= 15 is 0 Å². The number of carbonyl (C=O) groups is 1. The molecule has 2 heterocycles. The summed E-state index contributed by atoms with van der Waals surface area (Å²) in [7, 11) is 0. The lowest BCUT2D eigenvalue weighted by Gasteiger charge is -2.38. The minimum atomic E-state index is -0.314. The van der Waals surface area contributed by atoms with Crippen molar-refractivity contribution in [1.29, 1.82) is 0 Å². The van der Waals surface area contributed by atoms with E-state index in [-0.39, 0.29) is 17.6 Å². The Hall–Kier alpha value is -2.44. The summed E-state index contributed by atoms with van der Waals surface area (Å²) >= 11 is 0. The van der Waals surface area contributed by atoms with Crippen LogP contribution in [-0.4, -0.2) is 31.7 Å². The van der Waals surface area contributed by atoms with Crippen molar-refractivity contribution in [3.05, 3.63) is 35.2 Å². The van der Waals surface area contributed by atoms with Crippen molar-refractivity contribution in [3.8, 4) is 5.75 Å². The number of hydrogen-bond donors (Lipinski definition) is 1. The highest BCUT2D eigenvalue weighted by Crippen LogP contribution is 2.39. The van der Waals surface area contributed by atoms with Gasteiger partial charge < -0.3 is 10.1 Å². The van der Waals surface area contributed by atoms with Gasteiger partial charge in [-0.15, -0.1) is 5.10 Å². The van der Waals surface area contributed by atoms with Gasteiger partial charge in [-0.1, -0.05) is 12.1 Å². The molecule has 0 spiro atoms. The fraction of sp³-hybridized carbons (Fsp3) is 0.529. The van der Waals surface area contributed by atoms with Gasteiger partial charge in [-0.25, -0.2) is 4.68 Å². The Balaban J connectivity index is 1.70. The van der Waals surface area contributed by atoms with E-state index in [0.717, 1.165) is 23.3 Å². The van der Waals surface area contributed by atoms with Crippen LogP contribution < -0.4 is 10.1 Å². The van der Waals surface area contributed by atoms with Crippen molar-refractivity contribution in [3.63, 3.8) is 0 Å². The summed E-state index contributed by atoms with van der Waals surface area (Å²) in [5.41, 5.74) is 1.86. The maximum absolute atomic E-state index is 12.4. The van der Waals surface area contributed by atoms with Crippen LogP contribution in [0.15, 0.2) is 18.2 Å². The summed E-state index contributed by atoms with van der Waals surface area (Å²) in [4.78, 5) is 12.4.